The van der Waals surface area contributed by atoms with Gasteiger partial charge in [0.15, 0.2) is 0 Å². The van der Waals surface area contributed by atoms with E-state index in [1.54, 1.807) is 0 Å². The minimum Gasteiger partial charge on any atom is -0.466 e. The number of halogens is 4. The van der Waals surface area contributed by atoms with Gasteiger partial charge in [0.05, 0.1) is 31.4 Å². The number of methoxy groups -OCH3 is 1. The molecule has 0 fully saturated rings. The second kappa shape index (κ2) is 7.32. The fraction of sp³-hybridized carbons (Fsp3) is 0.375. The third kappa shape index (κ3) is 3.79. The van der Waals surface area contributed by atoms with Crippen LogP contribution < -0.4 is 5.32 Å². The molecule has 0 bridgehead atoms. The van der Waals surface area contributed by atoms with Crippen LogP contribution in [-0.2, 0) is 20.5 Å². The minimum atomic E-state index is -4.92. The fourth-order valence-corrected chi connectivity index (χ4v) is 2.54. The number of carbonyl (C=O) groups excluding carboxylic acids is 2. The van der Waals surface area contributed by atoms with Crippen LogP contribution in [0.5, 0.6) is 0 Å². The van der Waals surface area contributed by atoms with Crippen molar-refractivity contribution in [2.75, 3.05) is 32.1 Å². The number of β-amino-alcohol motifs (C(OH)–C–C–N with tert-alkyl or cyclic N) is 1. The van der Waals surface area contributed by atoms with E-state index in [9.17, 15) is 27.2 Å². The highest BCUT2D eigenvalue weighted by Gasteiger charge is 2.37. The van der Waals surface area contributed by atoms with Crippen molar-refractivity contribution in [3.8, 4) is 0 Å². The Bertz CT molecular complexity index is 774. The van der Waals surface area contributed by atoms with Crippen LogP contribution in [0.15, 0.2) is 23.4 Å². The molecule has 1 aromatic rings. The van der Waals surface area contributed by atoms with Crippen LogP contribution in [0.25, 0.3) is 0 Å². The summed E-state index contributed by atoms with van der Waals surface area (Å²) in [7, 11) is 1.09. The molecule has 2 rings (SSSR count). The van der Waals surface area contributed by atoms with Crippen LogP contribution in [-0.4, -0.2) is 48.7 Å². The molecule has 6 nitrogen and oxygen atoms in total. The number of ether oxygens (including phenoxy) is 1. The number of carbonyl (C=O) groups is 2. The molecule has 10 heteroatoms. The smallest absolute Gasteiger partial charge is 0.419 e. The Morgan fingerprint density at radius 1 is 1.38 bits per heavy atom. The number of nitrogens with zero attached hydrogens (tertiary/aromatic N) is 1. The number of benzene rings is 1. The molecule has 26 heavy (non-hydrogen) atoms. The van der Waals surface area contributed by atoms with Crippen LogP contribution in [0, 0.1) is 12.7 Å². The van der Waals surface area contributed by atoms with Gasteiger partial charge in [-0.1, -0.05) is 0 Å². The summed E-state index contributed by atoms with van der Waals surface area (Å²) in [6, 6.07) is 1.61. The van der Waals surface area contributed by atoms with E-state index in [-0.39, 0.29) is 42.2 Å². The first-order valence-electron chi connectivity index (χ1n) is 7.46. The number of rotatable bonds is 5. The molecule has 1 aliphatic heterocycles. The Hall–Kier alpha value is -2.62. The minimum absolute atomic E-state index is 0.0687. The molecule has 0 spiro atoms. The molecule has 0 saturated carbocycles. The van der Waals surface area contributed by atoms with Gasteiger partial charge < -0.3 is 20.1 Å². The highest BCUT2D eigenvalue weighted by Crippen LogP contribution is 2.35. The second-order valence-electron chi connectivity index (χ2n) is 5.57. The summed E-state index contributed by atoms with van der Waals surface area (Å²) in [6.07, 6.45) is -4.92. The largest absolute Gasteiger partial charge is 0.466 e. The Kier molecular flexibility index (Phi) is 5.55. The Morgan fingerprint density at radius 3 is 2.58 bits per heavy atom. The normalized spacial score (nSPS) is 14.9. The molecule has 0 saturated heterocycles. The van der Waals surface area contributed by atoms with E-state index < -0.39 is 29.4 Å². The summed E-state index contributed by atoms with van der Waals surface area (Å²) in [6.45, 7) is 0.558. The average molecular weight is 376 g/mol. The van der Waals surface area contributed by atoms with Crippen molar-refractivity contribution >= 4 is 17.6 Å². The summed E-state index contributed by atoms with van der Waals surface area (Å²) in [5, 5.41) is 11.4. The lowest BCUT2D eigenvalue weighted by molar-refractivity contribution is -0.140. The van der Waals surface area contributed by atoms with Crippen molar-refractivity contribution < 1.29 is 37.0 Å². The maximum Gasteiger partial charge on any atom is 0.419 e. The average Bonchev–Trinajstić information content (AvgIpc) is 2.86. The number of hydrogen-bond acceptors (Lipinski definition) is 5. The van der Waals surface area contributed by atoms with Crippen LogP contribution >= 0.6 is 0 Å². The van der Waals surface area contributed by atoms with Gasteiger partial charge in [0.2, 0.25) is 0 Å². The summed E-state index contributed by atoms with van der Waals surface area (Å²) in [4.78, 5) is 25.3. The molecule has 1 heterocycles. The molecule has 1 aromatic carbocycles. The lowest BCUT2D eigenvalue weighted by Crippen LogP contribution is -2.31. The zero-order valence-electron chi connectivity index (χ0n) is 13.9. The molecule has 0 aliphatic carbocycles. The van der Waals surface area contributed by atoms with Gasteiger partial charge in [0.25, 0.3) is 5.91 Å². The molecular weight excluding hydrogens is 360 g/mol. The predicted molar refractivity (Wildman–Crippen MR) is 82.5 cm³/mol. The summed E-state index contributed by atoms with van der Waals surface area (Å²) >= 11 is 0. The number of nitrogens with one attached hydrogen (secondary N) is 1. The first-order chi connectivity index (χ1) is 12.1. The van der Waals surface area contributed by atoms with Gasteiger partial charge in [-0.25, -0.2) is 9.18 Å². The van der Waals surface area contributed by atoms with Crippen LogP contribution in [0.2, 0.25) is 0 Å². The number of amides is 1. The number of aryl methyl sites for hydroxylation is 1. The van der Waals surface area contributed by atoms with Gasteiger partial charge in [-0.05, 0) is 24.6 Å². The Labute approximate surface area is 146 Å². The second-order valence-corrected chi connectivity index (χ2v) is 5.57. The SMILES string of the molecule is COC(=O)C1=C(Nc2cc(C)c(F)c(C(F)(F)F)c2)C(=O)N(CCO)C1. The van der Waals surface area contributed by atoms with E-state index in [2.05, 4.69) is 10.1 Å². The fourth-order valence-electron chi connectivity index (χ4n) is 2.54. The van der Waals surface area contributed by atoms with E-state index in [1.807, 2.05) is 0 Å². The van der Waals surface area contributed by atoms with E-state index in [0.29, 0.717) is 6.07 Å². The lowest BCUT2D eigenvalue weighted by Gasteiger charge is -2.16. The van der Waals surface area contributed by atoms with Crippen LogP contribution in [0.1, 0.15) is 11.1 Å². The van der Waals surface area contributed by atoms with E-state index in [0.717, 1.165) is 25.0 Å². The third-order valence-corrected chi connectivity index (χ3v) is 3.78. The zero-order valence-corrected chi connectivity index (χ0v) is 13.9. The monoisotopic (exact) mass is 376 g/mol. The quantitative estimate of drug-likeness (QED) is 0.606. The van der Waals surface area contributed by atoms with E-state index >= 15 is 0 Å². The van der Waals surface area contributed by atoms with Gasteiger partial charge in [0.1, 0.15) is 11.5 Å². The summed E-state index contributed by atoms with van der Waals surface area (Å²) < 4.78 is 57.2. The highest BCUT2D eigenvalue weighted by molar-refractivity contribution is 6.08. The summed E-state index contributed by atoms with van der Waals surface area (Å²) in [5.74, 6) is -2.93. The van der Waals surface area contributed by atoms with Gasteiger partial charge in [-0.2, -0.15) is 13.2 Å². The molecule has 0 unspecified atom stereocenters. The van der Waals surface area contributed by atoms with Crippen molar-refractivity contribution in [3.63, 3.8) is 0 Å². The zero-order chi connectivity index (χ0) is 19.6. The van der Waals surface area contributed by atoms with Crippen LogP contribution in [0.4, 0.5) is 23.2 Å². The van der Waals surface area contributed by atoms with Crippen molar-refractivity contribution in [2.45, 2.75) is 13.1 Å². The molecule has 0 aromatic heterocycles. The molecule has 142 valence electrons. The molecule has 0 atom stereocenters. The van der Waals surface area contributed by atoms with Crippen molar-refractivity contribution in [3.05, 3.63) is 40.3 Å². The third-order valence-electron chi connectivity index (χ3n) is 3.78. The van der Waals surface area contributed by atoms with Crippen molar-refractivity contribution in [2.24, 2.45) is 0 Å². The van der Waals surface area contributed by atoms with Crippen molar-refractivity contribution in [1.82, 2.24) is 4.90 Å². The standard InChI is InChI=1S/C16H16F4N2O4/c1-8-5-9(6-11(12(8)17)16(18,19)20)21-13-10(15(25)26-2)7-22(3-4-23)14(13)24/h5-6,21,23H,3-4,7H2,1-2H3. The molecule has 1 amide bonds. The topological polar surface area (TPSA) is 78.9 Å². The first kappa shape index (κ1) is 19.7. The lowest BCUT2D eigenvalue weighted by atomic mass is 10.1. The van der Waals surface area contributed by atoms with Gasteiger partial charge in [0, 0.05) is 12.2 Å². The Balaban J connectivity index is 2.46. The van der Waals surface area contributed by atoms with E-state index in [4.69, 9.17) is 5.11 Å². The number of esters is 1. The maximum atomic E-state index is 13.8. The first-order valence-corrected chi connectivity index (χ1v) is 7.46. The predicted octanol–water partition coefficient (Wildman–Crippen LogP) is 1.83. The molecule has 0 radical (unpaired) electrons. The number of alkyl halides is 3. The Morgan fingerprint density at radius 2 is 2.04 bits per heavy atom. The van der Waals surface area contributed by atoms with Crippen LogP contribution in [0.3, 0.4) is 0 Å². The van der Waals surface area contributed by atoms with Gasteiger partial charge in [-0.3, -0.25) is 4.79 Å². The number of anilines is 1. The molecular formula is C16H16F4N2O4. The number of aliphatic hydroxyl groups is 1. The molecule has 1 aliphatic rings. The number of aliphatic hydroxyl groups excluding tert-OH is 1. The highest BCUT2D eigenvalue weighted by atomic mass is 19.4. The van der Waals surface area contributed by atoms with Gasteiger partial charge >= 0.3 is 12.1 Å². The van der Waals surface area contributed by atoms with Crippen molar-refractivity contribution in [1.29, 1.82) is 0 Å². The molecule has 2 N–H and O–H groups in total. The maximum absolute atomic E-state index is 13.8. The summed E-state index contributed by atoms with van der Waals surface area (Å²) in [5.41, 5.74) is -2.34. The number of hydrogen-bond donors (Lipinski definition) is 2. The van der Waals surface area contributed by atoms with E-state index in [1.165, 1.54) is 0 Å². The van der Waals surface area contributed by atoms with Gasteiger partial charge in [-0.15, -0.1) is 0 Å².